The molecule has 0 aliphatic carbocycles. The highest BCUT2D eigenvalue weighted by Gasteiger charge is 2.15. The van der Waals surface area contributed by atoms with Crippen LogP contribution < -0.4 is 5.73 Å². The van der Waals surface area contributed by atoms with Crippen LogP contribution >= 0.6 is 39.1 Å². The number of aryl methyl sites for hydroxylation is 1. The molecule has 0 fully saturated rings. The van der Waals surface area contributed by atoms with E-state index in [0.29, 0.717) is 16.5 Å². The zero-order valence-corrected chi connectivity index (χ0v) is 13.6. The molecule has 2 N–H and O–H groups in total. The average Bonchev–Trinajstić information content (AvgIpc) is 2.37. The second kappa shape index (κ2) is 6.27. The minimum atomic E-state index is -0.147. The normalized spacial score (nSPS) is 12.5. The van der Waals surface area contributed by atoms with Crippen LogP contribution in [0.25, 0.3) is 0 Å². The summed E-state index contributed by atoms with van der Waals surface area (Å²) in [5, 5.41) is 1.32. The molecular formula is C15H14BrCl2N. The van der Waals surface area contributed by atoms with Gasteiger partial charge in [-0.3, -0.25) is 0 Å². The van der Waals surface area contributed by atoms with Gasteiger partial charge in [-0.1, -0.05) is 63.4 Å². The van der Waals surface area contributed by atoms with E-state index in [9.17, 15) is 0 Å². The fourth-order valence-corrected chi connectivity index (χ4v) is 3.12. The van der Waals surface area contributed by atoms with Crippen LogP contribution in [0.5, 0.6) is 0 Å². The first-order chi connectivity index (χ1) is 9.00. The monoisotopic (exact) mass is 357 g/mol. The first-order valence-electron chi connectivity index (χ1n) is 5.94. The van der Waals surface area contributed by atoms with Crippen LogP contribution in [-0.4, -0.2) is 0 Å². The summed E-state index contributed by atoms with van der Waals surface area (Å²) in [7, 11) is 0. The van der Waals surface area contributed by atoms with E-state index < -0.39 is 0 Å². The molecular weight excluding hydrogens is 345 g/mol. The topological polar surface area (TPSA) is 26.0 Å². The van der Waals surface area contributed by atoms with E-state index in [-0.39, 0.29) is 6.04 Å². The predicted octanol–water partition coefficient (Wildman–Crippen LogP) is 5.31. The van der Waals surface area contributed by atoms with E-state index in [0.717, 1.165) is 15.6 Å². The zero-order chi connectivity index (χ0) is 14.0. The molecule has 1 nitrogen and oxygen atoms in total. The van der Waals surface area contributed by atoms with Crippen molar-refractivity contribution in [3.8, 4) is 0 Å². The standard InChI is InChI=1S/C15H14BrCl2N/c1-9-4-2-5-10(15(9)16)14(19)8-11-12(17)6-3-7-13(11)18/h2-7,14H,8,19H2,1H3. The van der Waals surface area contributed by atoms with Crippen molar-refractivity contribution in [1.29, 1.82) is 0 Å². The van der Waals surface area contributed by atoms with Gasteiger partial charge in [0.25, 0.3) is 0 Å². The van der Waals surface area contributed by atoms with Crippen molar-refractivity contribution in [3.63, 3.8) is 0 Å². The third-order valence-electron chi connectivity index (χ3n) is 3.11. The van der Waals surface area contributed by atoms with Crippen molar-refractivity contribution in [3.05, 3.63) is 67.6 Å². The van der Waals surface area contributed by atoms with Gasteiger partial charge in [-0.25, -0.2) is 0 Å². The summed E-state index contributed by atoms with van der Waals surface area (Å²) in [6.45, 7) is 2.04. The summed E-state index contributed by atoms with van der Waals surface area (Å²) in [6.07, 6.45) is 0.612. The van der Waals surface area contributed by atoms with Crippen LogP contribution in [0.15, 0.2) is 40.9 Å². The first-order valence-corrected chi connectivity index (χ1v) is 7.49. The van der Waals surface area contributed by atoms with Gasteiger partial charge in [0.1, 0.15) is 0 Å². The van der Waals surface area contributed by atoms with Crippen molar-refractivity contribution >= 4 is 39.1 Å². The highest BCUT2D eigenvalue weighted by atomic mass is 79.9. The summed E-state index contributed by atoms with van der Waals surface area (Å²) < 4.78 is 1.05. The van der Waals surface area contributed by atoms with E-state index in [1.54, 1.807) is 0 Å². The van der Waals surface area contributed by atoms with Gasteiger partial charge < -0.3 is 5.73 Å². The van der Waals surface area contributed by atoms with Crippen LogP contribution in [0.1, 0.15) is 22.7 Å². The third kappa shape index (κ3) is 3.32. The molecule has 0 amide bonds. The van der Waals surface area contributed by atoms with Crippen LogP contribution in [0.4, 0.5) is 0 Å². The van der Waals surface area contributed by atoms with Crippen LogP contribution in [0.2, 0.25) is 10.0 Å². The number of nitrogens with two attached hydrogens (primary N) is 1. The molecule has 0 aliphatic heterocycles. The largest absolute Gasteiger partial charge is 0.324 e. The molecule has 2 aromatic carbocycles. The van der Waals surface area contributed by atoms with Gasteiger partial charge in [0.05, 0.1) is 0 Å². The summed E-state index contributed by atoms with van der Waals surface area (Å²) in [4.78, 5) is 0. The Bertz CT molecular complexity index is 578. The fourth-order valence-electron chi connectivity index (χ4n) is 2.01. The molecule has 0 saturated heterocycles. The Balaban J connectivity index is 2.31. The highest BCUT2D eigenvalue weighted by Crippen LogP contribution is 2.31. The average molecular weight is 359 g/mol. The number of rotatable bonds is 3. The molecule has 1 atom stereocenters. The molecule has 0 saturated carbocycles. The molecule has 2 rings (SSSR count). The molecule has 100 valence electrons. The number of halogens is 3. The van der Waals surface area contributed by atoms with Crippen LogP contribution in [0.3, 0.4) is 0 Å². The molecule has 1 unspecified atom stereocenters. The van der Waals surface area contributed by atoms with Gasteiger partial charge in [-0.05, 0) is 42.2 Å². The Morgan fingerprint density at radius 2 is 1.68 bits per heavy atom. The molecule has 0 heterocycles. The third-order valence-corrected chi connectivity index (χ3v) is 4.90. The number of hydrogen-bond donors (Lipinski definition) is 1. The van der Waals surface area contributed by atoms with E-state index in [1.807, 2.05) is 43.3 Å². The maximum absolute atomic E-state index is 6.29. The Hall–Kier alpha value is -0.540. The Morgan fingerprint density at radius 3 is 2.32 bits per heavy atom. The smallest absolute Gasteiger partial charge is 0.0453 e. The van der Waals surface area contributed by atoms with Gasteiger partial charge in [-0.15, -0.1) is 0 Å². The quantitative estimate of drug-likeness (QED) is 0.790. The molecule has 0 spiro atoms. The van der Waals surface area contributed by atoms with Crippen molar-refractivity contribution in [1.82, 2.24) is 0 Å². The van der Waals surface area contributed by atoms with Gasteiger partial charge >= 0.3 is 0 Å². The number of hydrogen-bond acceptors (Lipinski definition) is 1. The maximum Gasteiger partial charge on any atom is 0.0453 e. The summed E-state index contributed by atoms with van der Waals surface area (Å²) in [6, 6.07) is 11.4. The van der Waals surface area contributed by atoms with E-state index in [1.165, 1.54) is 5.56 Å². The van der Waals surface area contributed by atoms with Gasteiger partial charge in [0.2, 0.25) is 0 Å². The lowest BCUT2D eigenvalue weighted by Crippen LogP contribution is -2.14. The highest BCUT2D eigenvalue weighted by molar-refractivity contribution is 9.10. The minimum absolute atomic E-state index is 0.147. The summed E-state index contributed by atoms with van der Waals surface area (Å²) in [5.41, 5.74) is 9.41. The lowest BCUT2D eigenvalue weighted by Gasteiger charge is -2.17. The molecule has 19 heavy (non-hydrogen) atoms. The van der Waals surface area contributed by atoms with Crippen molar-refractivity contribution < 1.29 is 0 Å². The maximum atomic E-state index is 6.29. The van der Waals surface area contributed by atoms with Crippen molar-refractivity contribution in [2.75, 3.05) is 0 Å². The van der Waals surface area contributed by atoms with Crippen LogP contribution in [0, 0.1) is 6.92 Å². The zero-order valence-electron chi connectivity index (χ0n) is 10.5. The van der Waals surface area contributed by atoms with E-state index in [4.69, 9.17) is 28.9 Å². The van der Waals surface area contributed by atoms with Crippen molar-refractivity contribution in [2.24, 2.45) is 5.73 Å². The van der Waals surface area contributed by atoms with E-state index in [2.05, 4.69) is 15.9 Å². The summed E-state index contributed by atoms with van der Waals surface area (Å²) >= 11 is 15.9. The fraction of sp³-hybridized carbons (Fsp3) is 0.200. The SMILES string of the molecule is Cc1cccc(C(N)Cc2c(Cl)cccc2Cl)c1Br. The second-order valence-electron chi connectivity index (χ2n) is 4.49. The molecule has 0 bridgehead atoms. The molecule has 4 heteroatoms. The van der Waals surface area contributed by atoms with Gasteiger partial charge in [-0.2, -0.15) is 0 Å². The predicted molar refractivity (Wildman–Crippen MR) is 86.0 cm³/mol. The summed E-state index contributed by atoms with van der Waals surface area (Å²) in [5.74, 6) is 0. The van der Waals surface area contributed by atoms with Gasteiger partial charge in [0.15, 0.2) is 0 Å². The minimum Gasteiger partial charge on any atom is -0.324 e. The van der Waals surface area contributed by atoms with Crippen molar-refractivity contribution in [2.45, 2.75) is 19.4 Å². The lowest BCUT2D eigenvalue weighted by molar-refractivity contribution is 0.717. The van der Waals surface area contributed by atoms with E-state index >= 15 is 0 Å². The van der Waals surface area contributed by atoms with Crippen LogP contribution in [-0.2, 0) is 6.42 Å². The molecule has 2 aromatic rings. The Kier molecular flexibility index (Phi) is 4.91. The van der Waals surface area contributed by atoms with Gasteiger partial charge in [0, 0.05) is 20.6 Å². The lowest BCUT2D eigenvalue weighted by atomic mass is 9.98. The second-order valence-corrected chi connectivity index (χ2v) is 6.10. The molecule has 0 radical (unpaired) electrons. The number of benzene rings is 2. The Labute approximate surface area is 131 Å². The molecule has 0 aliphatic rings. The Morgan fingerprint density at radius 1 is 1.11 bits per heavy atom. The molecule has 0 aromatic heterocycles. The first kappa shape index (κ1) is 14.9.